The predicted octanol–water partition coefficient (Wildman–Crippen LogP) is 3.81. The fourth-order valence-electron chi connectivity index (χ4n) is 3.34. The number of carbonyl (C=O) groups is 3. The van der Waals surface area contributed by atoms with Crippen molar-refractivity contribution in [2.45, 2.75) is 32.3 Å². The van der Waals surface area contributed by atoms with Crippen LogP contribution in [0.15, 0.2) is 57.5 Å². The number of benzene rings is 2. The average molecular weight is 566 g/mol. The molecular weight excluding hydrogens is 543 g/mol. The third-order valence-corrected chi connectivity index (χ3v) is 5.99. The van der Waals surface area contributed by atoms with Crippen LogP contribution in [-0.4, -0.2) is 37.4 Å². The molecule has 2 aromatic rings. The topological polar surface area (TPSA) is 93.7 Å². The number of amides is 2. The van der Waals surface area contributed by atoms with Gasteiger partial charge in [-0.1, -0.05) is 60.1 Å². The van der Waals surface area contributed by atoms with Crippen molar-refractivity contribution >= 4 is 56.8 Å². The van der Waals surface area contributed by atoms with Gasteiger partial charge in [0.05, 0.1) is 18.0 Å². The molecular formula is C22H23BBr2N2O5. The van der Waals surface area contributed by atoms with Crippen molar-refractivity contribution in [1.82, 2.24) is 10.6 Å². The molecule has 32 heavy (non-hydrogen) atoms. The number of nitrogens with one attached hydrogen (secondary N) is 2. The van der Waals surface area contributed by atoms with Crippen LogP contribution in [0.1, 0.15) is 42.3 Å². The van der Waals surface area contributed by atoms with Gasteiger partial charge in [0.15, 0.2) is 6.10 Å². The fourth-order valence-corrected chi connectivity index (χ4v) is 4.13. The van der Waals surface area contributed by atoms with Gasteiger partial charge in [0.25, 0.3) is 5.91 Å². The Morgan fingerprint density at radius 2 is 1.84 bits per heavy atom. The average Bonchev–Trinajstić information content (AvgIpc) is 3.15. The van der Waals surface area contributed by atoms with Crippen molar-refractivity contribution < 1.29 is 23.7 Å². The van der Waals surface area contributed by atoms with Crippen molar-refractivity contribution in [3.8, 4) is 0 Å². The standard InChI is InChI=1S/C22H23BBr2N2O5/c1-13(2)10-18(23-31-20(22(30)32-23)14-6-4-3-5-7-14)27-19(28)12-26-21(29)16-11-15(24)8-9-17(16)25/h3-9,11,13,18,20H,10,12H2,1-2H3,(H,26,29)(H,27,28)/t18?,20-/m1/s1. The van der Waals surface area contributed by atoms with Gasteiger partial charge in [-0.05, 0) is 52.0 Å². The van der Waals surface area contributed by atoms with E-state index in [4.69, 9.17) is 9.31 Å². The maximum Gasteiger partial charge on any atom is 0.552 e. The van der Waals surface area contributed by atoms with Crippen LogP contribution in [0.2, 0.25) is 0 Å². The number of rotatable bonds is 8. The third-order valence-electron chi connectivity index (χ3n) is 4.80. The Labute approximate surface area is 204 Å². The Balaban J connectivity index is 1.61. The van der Waals surface area contributed by atoms with E-state index in [0.717, 1.165) is 4.47 Å². The highest BCUT2D eigenvalue weighted by Crippen LogP contribution is 2.28. The molecule has 0 aromatic heterocycles. The van der Waals surface area contributed by atoms with Gasteiger partial charge in [0.1, 0.15) is 0 Å². The molecule has 7 nitrogen and oxygen atoms in total. The number of hydrogen-bond donors (Lipinski definition) is 2. The van der Waals surface area contributed by atoms with Gasteiger partial charge >= 0.3 is 13.1 Å². The third kappa shape index (κ3) is 6.43. The second-order valence-corrected chi connectivity index (χ2v) is 9.61. The Morgan fingerprint density at radius 3 is 2.53 bits per heavy atom. The largest absolute Gasteiger partial charge is 0.552 e. The first-order valence-corrected chi connectivity index (χ1v) is 11.8. The van der Waals surface area contributed by atoms with E-state index in [1.54, 1.807) is 30.3 Å². The maximum atomic E-state index is 12.6. The summed E-state index contributed by atoms with van der Waals surface area (Å²) in [5, 5.41) is 5.45. The molecule has 2 N–H and O–H groups in total. The molecule has 1 saturated heterocycles. The number of carbonyl (C=O) groups excluding carboxylic acids is 3. The molecule has 3 rings (SSSR count). The fraction of sp³-hybridized carbons (Fsp3) is 0.318. The molecule has 0 saturated carbocycles. The summed E-state index contributed by atoms with van der Waals surface area (Å²) in [4.78, 5) is 37.4. The van der Waals surface area contributed by atoms with Crippen LogP contribution in [0.25, 0.3) is 0 Å². The minimum absolute atomic E-state index is 0.214. The first-order valence-electron chi connectivity index (χ1n) is 10.2. The smallest absolute Gasteiger partial charge is 0.506 e. The van der Waals surface area contributed by atoms with Gasteiger partial charge in [0, 0.05) is 8.95 Å². The molecule has 1 aliphatic heterocycles. The summed E-state index contributed by atoms with van der Waals surface area (Å²) in [6.45, 7) is 3.77. The van der Waals surface area contributed by atoms with E-state index in [1.807, 2.05) is 32.0 Å². The first-order chi connectivity index (χ1) is 15.2. The van der Waals surface area contributed by atoms with Crippen molar-refractivity contribution in [3.63, 3.8) is 0 Å². The normalized spacial score (nSPS) is 16.6. The van der Waals surface area contributed by atoms with Gasteiger partial charge in [-0.25, -0.2) is 0 Å². The molecule has 10 heteroatoms. The Hall–Kier alpha value is -2.17. The molecule has 2 amide bonds. The zero-order valence-corrected chi connectivity index (χ0v) is 20.8. The summed E-state index contributed by atoms with van der Waals surface area (Å²) < 4.78 is 12.7. The molecule has 0 radical (unpaired) electrons. The summed E-state index contributed by atoms with van der Waals surface area (Å²) in [6.07, 6.45) is -0.294. The molecule has 1 aliphatic rings. The summed E-state index contributed by atoms with van der Waals surface area (Å²) in [7, 11) is -0.908. The zero-order valence-electron chi connectivity index (χ0n) is 17.6. The molecule has 2 atom stereocenters. The lowest BCUT2D eigenvalue weighted by molar-refractivity contribution is -0.136. The SMILES string of the molecule is CC(C)CC(NC(=O)CNC(=O)c1cc(Br)ccc1Br)B1OC(=O)[C@@H](c2ccccc2)O1. The lowest BCUT2D eigenvalue weighted by Crippen LogP contribution is -2.50. The van der Waals surface area contributed by atoms with Crippen molar-refractivity contribution in [1.29, 1.82) is 0 Å². The van der Waals surface area contributed by atoms with E-state index < -0.39 is 31.0 Å². The number of halogens is 2. The van der Waals surface area contributed by atoms with E-state index in [2.05, 4.69) is 42.5 Å². The molecule has 1 unspecified atom stereocenters. The van der Waals surface area contributed by atoms with Gasteiger partial charge in [0.2, 0.25) is 5.91 Å². The van der Waals surface area contributed by atoms with Crippen molar-refractivity contribution in [2.24, 2.45) is 5.92 Å². The molecule has 1 fully saturated rings. The van der Waals surface area contributed by atoms with Gasteiger partial charge in [-0.2, -0.15) is 0 Å². The lowest BCUT2D eigenvalue weighted by Gasteiger charge is -2.21. The Morgan fingerprint density at radius 1 is 1.12 bits per heavy atom. The van der Waals surface area contributed by atoms with Crippen LogP contribution in [-0.2, 0) is 18.9 Å². The minimum Gasteiger partial charge on any atom is -0.506 e. The highest BCUT2D eigenvalue weighted by Gasteiger charge is 2.46. The number of hydrogen-bond acceptors (Lipinski definition) is 5. The van der Waals surface area contributed by atoms with E-state index in [9.17, 15) is 14.4 Å². The van der Waals surface area contributed by atoms with Gasteiger partial charge in [-0.15, -0.1) is 0 Å². The van der Waals surface area contributed by atoms with Crippen LogP contribution in [0.3, 0.4) is 0 Å². The summed E-state index contributed by atoms with van der Waals surface area (Å²) >= 11 is 6.66. The van der Waals surface area contributed by atoms with Gasteiger partial charge < -0.3 is 19.9 Å². The quantitative estimate of drug-likeness (QED) is 0.475. The van der Waals surface area contributed by atoms with Gasteiger partial charge in [-0.3, -0.25) is 14.4 Å². The van der Waals surface area contributed by atoms with E-state index >= 15 is 0 Å². The van der Waals surface area contributed by atoms with Crippen LogP contribution in [0, 0.1) is 5.92 Å². The summed E-state index contributed by atoms with van der Waals surface area (Å²) in [6, 6.07) is 14.3. The summed E-state index contributed by atoms with van der Waals surface area (Å²) in [5.41, 5.74) is 1.10. The molecule has 0 bridgehead atoms. The van der Waals surface area contributed by atoms with Crippen molar-refractivity contribution in [2.75, 3.05) is 6.54 Å². The van der Waals surface area contributed by atoms with E-state index in [1.165, 1.54) is 0 Å². The second-order valence-electron chi connectivity index (χ2n) is 7.84. The van der Waals surface area contributed by atoms with E-state index in [-0.39, 0.29) is 18.4 Å². The predicted molar refractivity (Wildman–Crippen MR) is 128 cm³/mol. The lowest BCUT2D eigenvalue weighted by atomic mass is 9.74. The monoisotopic (exact) mass is 564 g/mol. The molecule has 0 aliphatic carbocycles. The summed E-state index contributed by atoms with van der Waals surface area (Å²) in [5.74, 6) is -1.61. The van der Waals surface area contributed by atoms with Crippen molar-refractivity contribution in [3.05, 3.63) is 68.6 Å². The molecule has 168 valence electrons. The minimum atomic E-state index is -0.908. The first kappa shape index (κ1) is 24.5. The molecule has 2 aromatic carbocycles. The zero-order chi connectivity index (χ0) is 23.3. The Kier molecular flexibility index (Phi) is 8.50. The molecule has 1 heterocycles. The maximum absolute atomic E-state index is 12.6. The Bertz CT molecular complexity index is 990. The van der Waals surface area contributed by atoms with Crippen LogP contribution < -0.4 is 10.6 Å². The highest BCUT2D eigenvalue weighted by molar-refractivity contribution is 9.11. The van der Waals surface area contributed by atoms with Crippen LogP contribution in [0.5, 0.6) is 0 Å². The van der Waals surface area contributed by atoms with Crippen LogP contribution >= 0.6 is 31.9 Å². The van der Waals surface area contributed by atoms with E-state index in [0.29, 0.717) is 22.0 Å². The second kappa shape index (κ2) is 11.1. The van der Waals surface area contributed by atoms with Crippen LogP contribution in [0.4, 0.5) is 0 Å². The highest BCUT2D eigenvalue weighted by atomic mass is 79.9. The molecule has 0 spiro atoms.